The first-order chi connectivity index (χ1) is 12.7. The molecule has 1 saturated heterocycles. The predicted molar refractivity (Wildman–Crippen MR) is 96.9 cm³/mol. The zero-order valence-electron chi connectivity index (χ0n) is 14.3. The van der Waals surface area contributed by atoms with Crippen molar-refractivity contribution >= 4 is 17.8 Å². The number of rotatable bonds is 5. The fourth-order valence-electron chi connectivity index (χ4n) is 2.68. The van der Waals surface area contributed by atoms with Gasteiger partial charge in [-0.3, -0.25) is 14.6 Å². The van der Waals surface area contributed by atoms with E-state index in [2.05, 4.69) is 26.8 Å². The fraction of sp³-hybridized carbons (Fsp3) is 0.278. The van der Waals surface area contributed by atoms with E-state index in [4.69, 9.17) is 0 Å². The van der Waals surface area contributed by atoms with Crippen LogP contribution in [0, 0.1) is 0 Å². The molecule has 0 unspecified atom stereocenters. The van der Waals surface area contributed by atoms with Crippen LogP contribution in [0.1, 0.15) is 20.8 Å². The number of pyridine rings is 1. The van der Waals surface area contributed by atoms with E-state index < -0.39 is 0 Å². The molecule has 0 bridgehead atoms. The van der Waals surface area contributed by atoms with Crippen LogP contribution in [0.4, 0.5) is 5.95 Å². The number of piperazine rings is 1. The summed E-state index contributed by atoms with van der Waals surface area (Å²) in [5, 5.41) is 2.69. The smallest absolute Gasteiger partial charge is 0.272 e. The van der Waals surface area contributed by atoms with Gasteiger partial charge in [-0.25, -0.2) is 9.97 Å². The van der Waals surface area contributed by atoms with Gasteiger partial charge >= 0.3 is 0 Å². The molecule has 1 aliphatic rings. The summed E-state index contributed by atoms with van der Waals surface area (Å²) in [7, 11) is 0. The number of hydrogen-bond donors (Lipinski definition) is 1. The molecule has 0 atom stereocenters. The molecule has 1 fully saturated rings. The highest BCUT2D eigenvalue weighted by Gasteiger charge is 2.24. The quantitative estimate of drug-likeness (QED) is 0.799. The zero-order chi connectivity index (χ0) is 18.4. The standard InChI is InChI=1S/C18H20N6O2/c1-2-5-20-16(25)14-4-8-19-15(13-14)17(26)23-9-11-24(12-10-23)18-21-6-3-7-22-18/h2-4,6-8,13H,1,5,9-12H2,(H,20,25). The van der Waals surface area contributed by atoms with Crippen LogP contribution in [0.15, 0.2) is 49.4 Å². The first kappa shape index (κ1) is 17.5. The number of carbonyl (C=O) groups is 2. The molecule has 0 aromatic carbocycles. The van der Waals surface area contributed by atoms with E-state index in [-0.39, 0.29) is 17.5 Å². The molecule has 0 saturated carbocycles. The van der Waals surface area contributed by atoms with Crippen LogP contribution in [0.3, 0.4) is 0 Å². The molecule has 8 nitrogen and oxygen atoms in total. The third-order valence-electron chi connectivity index (χ3n) is 4.05. The van der Waals surface area contributed by atoms with Crippen molar-refractivity contribution in [3.05, 3.63) is 60.7 Å². The molecule has 1 aliphatic heterocycles. The molecule has 1 N–H and O–H groups in total. The van der Waals surface area contributed by atoms with Crippen LogP contribution in [0.5, 0.6) is 0 Å². The predicted octanol–water partition coefficient (Wildman–Crippen LogP) is 0.750. The summed E-state index contributed by atoms with van der Waals surface area (Å²) in [4.78, 5) is 41.1. The molecule has 0 radical (unpaired) electrons. The second kappa shape index (κ2) is 8.19. The summed E-state index contributed by atoms with van der Waals surface area (Å²) in [6.45, 7) is 6.32. The average Bonchev–Trinajstić information content (AvgIpc) is 2.72. The van der Waals surface area contributed by atoms with Crippen molar-refractivity contribution in [3.63, 3.8) is 0 Å². The minimum Gasteiger partial charge on any atom is -0.349 e. The Hall–Kier alpha value is -3.29. The van der Waals surface area contributed by atoms with Crippen LogP contribution >= 0.6 is 0 Å². The summed E-state index contributed by atoms with van der Waals surface area (Å²) in [5.41, 5.74) is 0.669. The van der Waals surface area contributed by atoms with Crippen molar-refractivity contribution in [2.75, 3.05) is 37.6 Å². The lowest BCUT2D eigenvalue weighted by Gasteiger charge is -2.34. The highest BCUT2D eigenvalue weighted by molar-refractivity contribution is 5.98. The van der Waals surface area contributed by atoms with E-state index in [9.17, 15) is 9.59 Å². The molecule has 8 heteroatoms. The van der Waals surface area contributed by atoms with Gasteiger partial charge < -0.3 is 15.1 Å². The topological polar surface area (TPSA) is 91.3 Å². The average molecular weight is 352 g/mol. The lowest BCUT2D eigenvalue weighted by molar-refractivity contribution is 0.0740. The van der Waals surface area contributed by atoms with E-state index >= 15 is 0 Å². The van der Waals surface area contributed by atoms with Crippen LogP contribution in [-0.4, -0.2) is 64.4 Å². The van der Waals surface area contributed by atoms with E-state index in [1.54, 1.807) is 35.5 Å². The number of hydrogen-bond acceptors (Lipinski definition) is 6. The molecule has 0 aliphatic carbocycles. The van der Waals surface area contributed by atoms with Gasteiger partial charge in [-0.2, -0.15) is 0 Å². The third-order valence-corrected chi connectivity index (χ3v) is 4.05. The summed E-state index contributed by atoms with van der Waals surface area (Å²) in [6.07, 6.45) is 6.48. The van der Waals surface area contributed by atoms with E-state index in [1.165, 1.54) is 12.3 Å². The monoisotopic (exact) mass is 352 g/mol. The lowest BCUT2D eigenvalue weighted by Crippen LogP contribution is -2.49. The molecule has 26 heavy (non-hydrogen) atoms. The largest absolute Gasteiger partial charge is 0.349 e. The van der Waals surface area contributed by atoms with E-state index in [0.29, 0.717) is 44.2 Å². The minimum atomic E-state index is -0.257. The molecular formula is C18H20N6O2. The Kier molecular flexibility index (Phi) is 5.52. The Labute approximate surface area is 151 Å². The maximum absolute atomic E-state index is 12.7. The SMILES string of the molecule is C=CCNC(=O)c1ccnc(C(=O)N2CCN(c3ncccn3)CC2)c1. The van der Waals surface area contributed by atoms with Crippen molar-refractivity contribution in [3.8, 4) is 0 Å². The molecule has 2 amide bonds. The summed E-state index contributed by atoms with van der Waals surface area (Å²) < 4.78 is 0. The van der Waals surface area contributed by atoms with Gasteiger partial charge in [0.25, 0.3) is 11.8 Å². The van der Waals surface area contributed by atoms with Crippen molar-refractivity contribution < 1.29 is 9.59 Å². The van der Waals surface area contributed by atoms with Gasteiger partial charge in [-0.05, 0) is 18.2 Å². The maximum atomic E-state index is 12.7. The van der Waals surface area contributed by atoms with Gasteiger partial charge in [0.2, 0.25) is 5.95 Å². The number of amides is 2. The van der Waals surface area contributed by atoms with Crippen molar-refractivity contribution in [2.24, 2.45) is 0 Å². The van der Waals surface area contributed by atoms with Crippen molar-refractivity contribution in [1.29, 1.82) is 0 Å². The van der Waals surface area contributed by atoms with Gasteiger partial charge in [-0.15, -0.1) is 6.58 Å². The van der Waals surface area contributed by atoms with Crippen LogP contribution in [0.2, 0.25) is 0 Å². The minimum absolute atomic E-state index is 0.183. The highest BCUT2D eigenvalue weighted by atomic mass is 16.2. The van der Waals surface area contributed by atoms with Gasteiger partial charge in [0.1, 0.15) is 5.69 Å². The van der Waals surface area contributed by atoms with E-state index in [0.717, 1.165) is 0 Å². The highest BCUT2D eigenvalue weighted by Crippen LogP contribution is 2.12. The molecule has 134 valence electrons. The Morgan fingerprint density at radius 1 is 1.12 bits per heavy atom. The number of nitrogens with one attached hydrogen (secondary N) is 1. The number of nitrogens with zero attached hydrogens (tertiary/aromatic N) is 5. The first-order valence-corrected chi connectivity index (χ1v) is 8.35. The number of carbonyl (C=O) groups excluding carboxylic acids is 2. The molecule has 0 spiro atoms. The Balaban J connectivity index is 1.63. The second-order valence-electron chi connectivity index (χ2n) is 5.76. The van der Waals surface area contributed by atoms with Gasteiger partial charge in [-0.1, -0.05) is 6.08 Å². The Morgan fingerprint density at radius 2 is 1.85 bits per heavy atom. The third kappa shape index (κ3) is 4.02. The zero-order valence-corrected chi connectivity index (χ0v) is 14.3. The molecule has 3 rings (SSSR count). The summed E-state index contributed by atoms with van der Waals surface area (Å²) in [5.74, 6) is 0.225. The molecule has 2 aromatic rings. The van der Waals surface area contributed by atoms with Gasteiger partial charge in [0, 0.05) is 56.9 Å². The normalized spacial score (nSPS) is 14.0. The maximum Gasteiger partial charge on any atom is 0.272 e. The Morgan fingerprint density at radius 3 is 2.54 bits per heavy atom. The van der Waals surface area contributed by atoms with E-state index in [1.807, 2.05) is 4.90 Å². The number of aromatic nitrogens is 3. The first-order valence-electron chi connectivity index (χ1n) is 8.35. The fourth-order valence-corrected chi connectivity index (χ4v) is 2.68. The summed E-state index contributed by atoms with van der Waals surface area (Å²) >= 11 is 0. The molecule has 2 aromatic heterocycles. The van der Waals surface area contributed by atoms with Crippen molar-refractivity contribution in [2.45, 2.75) is 0 Å². The second-order valence-corrected chi connectivity index (χ2v) is 5.76. The number of anilines is 1. The van der Waals surface area contributed by atoms with Gasteiger partial charge in [0.15, 0.2) is 0 Å². The van der Waals surface area contributed by atoms with Crippen LogP contribution in [-0.2, 0) is 0 Å². The Bertz CT molecular complexity index is 787. The van der Waals surface area contributed by atoms with Crippen molar-refractivity contribution in [1.82, 2.24) is 25.2 Å². The molecular weight excluding hydrogens is 332 g/mol. The van der Waals surface area contributed by atoms with Crippen LogP contribution in [0.25, 0.3) is 0 Å². The summed E-state index contributed by atoms with van der Waals surface area (Å²) in [6, 6.07) is 4.88. The van der Waals surface area contributed by atoms with Crippen LogP contribution < -0.4 is 10.2 Å². The molecule has 3 heterocycles. The lowest BCUT2D eigenvalue weighted by atomic mass is 10.2. The van der Waals surface area contributed by atoms with Gasteiger partial charge in [0.05, 0.1) is 0 Å².